The van der Waals surface area contributed by atoms with Gasteiger partial charge < -0.3 is 5.32 Å². The molecule has 0 aliphatic rings. The molecule has 5 heteroatoms. The SMILES string of the molecule is O=[C]c1ccccc1Nc1ccc(C(F)(F)F)cc1. The van der Waals surface area contributed by atoms with E-state index < -0.39 is 11.7 Å². The van der Waals surface area contributed by atoms with Gasteiger partial charge in [0.05, 0.1) is 5.56 Å². The van der Waals surface area contributed by atoms with Gasteiger partial charge in [-0.3, -0.25) is 4.79 Å². The van der Waals surface area contributed by atoms with Crippen molar-refractivity contribution in [3.8, 4) is 0 Å². The minimum Gasteiger partial charge on any atom is -0.355 e. The van der Waals surface area contributed by atoms with Crippen LogP contribution in [0.1, 0.15) is 11.1 Å². The molecular formula is C14H9F3NO. The average molecular weight is 264 g/mol. The molecule has 0 saturated carbocycles. The van der Waals surface area contributed by atoms with Gasteiger partial charge in [-0.15, -0.1) is 0 Å². The second kappa shape index (κ2) is 5.14. The van der Waals surface area contributed by atoms with Crippen molar-refractivity contribution in [3.63, 3.8) is 0 Å². The van der Waals surface area contributed by atoms with Crippen LogP contribution in [0.3, 0.4) is 0 Å². The van der Waals surface area contributed by atoms with Gasteiger partial charge in [0.2, 0.25) is 6.29 Å². The van der Waals surface area contributed by atoms with Crippen molar-refractivity contribution in [3.05, 3.63) is 59.7 Å². The van der Waals surface area contributed by atoms with Gasteiger partial charge in [-0.05, 0) is 36.4 Å². The van der Waals surface area contributed by atoms with Crippen LogP contribution in [0.15, 0.2) is 48.5 Å². The van der Waals surface area contributed by atoms with E-state index >= 15 is 0 Å². The highest BCUT2D eigenvalue weighted by Gasteiger charge is 2.29. The second-order valence-electron chi connectivity index (χ2n) is 3.85. The van der Waals surface area contributed by atoms with Gasteiger partial charge >= 0.3 is 6.18 Å². The number of hydrogen-bond acceptors (Lipinski definition) is 2. The average Bonchev–Trinajstić information content (AvgIpc) is 2.39. The molecule has 0 unspecified atom stereocenters. The summed E-state index contributed by atoms with van der Waals surface area (Å²) in [5, 5.41) is 2.87. The molecule has 2 aromatic carbocycles. The van der Waals surface area contributed by atoms with E-state index in [9.17, 15) is 18.0 Å². The van der Waals surface area contributed by atoms with Crippen LogP contribution >= 0.6 is 0 Å². The van der Waals surface area contributed by atoms with Crippen molar-refractivity contribution in [1.82, 2.24) is 0 Å². The summed E-state index contributed by atoms with van der Waals surface area (Å²) in [6.45, 7) is 0. The topological polar surface area (TPSA) is 29.1 Å². The third-order valence-electron chi connectivity index (χ3n) is 2.53. The first-order chi connectivity index (χ1) is 9.00. The number of anilines is 2. The Kier molecular flexibility index (Phi) is 3.55. The van der Waals surface area contributed by atoms with E-state index in [-0.39, 0.29) is 0 Å². The van der Waals surface area contributed by atoms with Gasteiger partial charge in [0.25, 0.3) is 0 Å². The number of hydrogen-bond donors (Lipinski definition) is 1. The second-order valence-corrected chi connectivity index (χ2v) is 3.85. The van der Waals surface area contributed by atoms with Gasteiger partial charge in [0.15, 0.2) is 0 Å². The number of para-hydroxylation sites is 1. The molecule has 2 nitrogen and oxygen atoms in total. The van der Waals surface area contributed by atoms with Crippen LogP contribution < -0.4 is 5.32 Å². The van der Waals surface area contributed by atoms with Crippen molar-refractivity contribution in [1.29, 1.82) is 0 Å². The molecule has 0 saturated heterocycles. The van der Waals surface area contributed by atoms with Crippen LogP contribution in [0.2, 0.25) is 0 Å². The maximum absolute atomic E-state index is 12.4. The lowest BCUT2D eigenvalue weighted by molar-refractivity contribution is -0.137. The molecule has 1 radical (unpaired) electrons. The molecule has 0 aliphatic carbocycles. The van der Waals surface area contributed by atoms with E-state index in [1.807, 2.05) is 0 Å². The summed E-state index contributed by atoms with van der Waals surface area (Å²) in [6.07, 6.45) is -2.60. The van der Waals surface area contributed by atoms with E-state index in [0.29, 0.717) is 16.9 Å². The maximum atomic E-state index is 12.4. The lowest BCUT2D eigenvalue weighted by Crippen LogP contribution is -2.04. The zero-order chi connectivity index (χ0) is 13.9. The first-order valence-electron chi connectivity index (χ1n) is 5.42. The van der Waals surface area contributed by atoms with Crippen molar-refractivity contribution in [2.24, 2.45) is 0 Å². The van der Waals surface area contributed by atoms with Crippen LogP contribution in [-0.2, 0) is 11.0 Å². The molecule has 0 atom stereocenters. The van der Waals surface area contributed by atoms with Gasteiger partial charge in [0, 0.05) is 16.9 Å². The molecule has 0 bridgehead atoms. The first kappa shape index (κ1) is 13.1. The van der Waals surface area contributed by atoms with Gasteiger partial charge in [-0.25, -0.2) is 0 Å². The zero-order valence-corrected chi connectivity index (χ0v) is 9.66. The molecule has 0 aliphatic heterocycles. The van der Waals surface area contributed by atoms with Crippen LogP contribution in [0.5, 0.6) is 0 Å². The Morgan fingerprint density at radius 3 is 2.16 bits per heavy atom. The number of halogens is 3. The molecule has 1 N–H and O–H groups in total. The first-order valence-corrected chi connectivity index (χ1v) is 5.42. The van der Waals surface area contributed by atoms with Crippen molar-refractivity contribution in [2.75, 3.05) is 5.32 Å². The monoisotopic (exact) mass is 264 g/mol. The Labute approximate surface area is 107 Å². The minimum atomic E-state index is -4.35. The molecule has 97 valence electrons. The van der Waals surface area contributed by atoms with Crippen molar-refractivity contribution in [2.45, 2.75) is 6.18 Å². The van der Waals surface area contributed by atoms with Crippen molar-refractivity contribution >= 4 is 17.7 Å². The standard InChI is InChI=1S/C14H9F3NO/c15-14(16,17)11-5-7-12(8-6-11)18-13-4-2-1-3-10(13)9-19/h1-8,18H. The fourth-order valence-corrected chi connectivity index (χ4v) is 1.58. The Balaban J connectivity index is 2.22. The Morgan fingerprint density at radius 1 is 0.947 bits per heavy atom. The van der Waals surface area contributed by atoms with E-state index in [1.54, 1.807) is 30.6 Å². The molecule has 19 heavy (non-hydrogen) atoms. The smallest absolute Gasteiger partial charge is 0.355 e. The highest BCUT2D eigenvalue weighted by atomic mass is 19.4. The number of nitrogens with one attached hydrogen (secondary N) is 1. The summed E-state index contributed by atoms with van der Waals surface area (Å²) in [5.41, 5.74) is 0.573. The largest absolute Gasteiger partial charge is 0.416 e. The summed E-state index contributed by atoms with van der Waals surface area (Å²) in [6, 6.07) is 11.2. The van der Waals surface area contributed by atoms with E-state index in [1.165, 1.54) is 12.1 Å². The Bertz CT molecular complexity index is 576. The zero-order valence-electron chi connectivity index (χ0n) is 9.66. The Hall–Kier alpha value is -2.30. The predicted octanol–water partition coefficient (Wildman–Crippen LogP) is 3.91. The van der Waals surface area contributed by atoms with E-state index in [4.69, 9.17) is 0 Å². The van der Waals surface area contributed by atoms with Gasteiger partial charge in [-0.2, -0.15) is 13.2 Å². The molecule has 2 rings (SSSR count). The van der Waals surface area contributed by atoms with Crippen LogP contribution in [0.4, 0.5) is 24.5 Å². The lowest BCUT2D eigenvalue weighted by Gasteiger charge is -2.10. The third kappa shape index (κ3) is 3.13. The fourth-order valence-electron chi connectivity index (χ4n) is 1.58. The third-order valence-corrected chi connectivity index (χ3v) is 2.53. The fraction of sp³-hybridized carbons (Fsp3) is 0.0714. The van der Waals surface area contributed by atoms with E-state index in [0.717, 1.165) is 12.1 Å². The lowest BCUT2D eigenvalue weighted by atomic mass is 10.1. The molecule has 0 fully saturated rings. The summed E-state index contributed by atoms with van der Waals surface area (Å²) >= 11 is 0. The number of carbonyl (C=O) groups excluding carboxylic acids is 1. The molecule has 2 aromatic rings. The van der Waals surface area contributed by atoms with Crippen molar-refractivity contribution < 1.29 is 18.0 Å². The maximum Gasteiger partial charge on any atom is 0.416 e. The van der Waals surface area contributed by atoms with Gasteiger partial charge in [0.1, 0.15) is 0 Å². The van der Waals surface area contributed by atoms with Crippen LogP contribution in [0.25, 0.3) is 0 Å². The summed E-state index contributed by atoms with van der Waals surface area (Å²) < 4.78 is 37.2. The molecular weight excluding hydrogens is 255 g/mol. The highest BCUT2D eigenvalue weighted by Crippen LogP contribution is 2.30. The normalized spacial score (nSPS) is 11.1. The predicted molar refractivity (Wildman–Crippen MR) is 66.0 cm³/mol. The quantitative estimate of drug-likeness (QED) is 0.910. The van der Waals surface area contributed by atoms with Crippen LogP contribution in [0, 0.1) is 0 Å². The molecule has 0 aromatic heterocycles. The van der Waals surface area contributed by atoms with Gasteiger partial charge in [-0.1, -0.05) is 12.1 Å². The summed E-state index contributed by atoms with van der Waals surface area (Å²) in [7, 11) is 0. The highest BCUT2D eigenvalue weighted by molar-refractivity contribution is 5.86. The van der Waals surface area contributed by atoms with E-state index in [2.05, 4.69) is 5.32 Å². The molecule has 0 spiro atoms. The number of rotatable bonds is 3. The summed E-state index contributed by atoms with van der Waals surface area (Å²) in [5.74, 6) is 0. The number of alkyl halides is 3. The molecule has 0 heterocycles. The number of benzene rings is 2. The van der Waals surface area contributed by atoms with Crippen LogP contribution in [-0.4, -0.2) is 6.29 Å². The summed E-state index contributed by atoms with van der Waals surface area (Å²) in [4.78, 5) is 10.7. The Morgan fingerprint density at radius 2 is 1.58 bits per heavy atom. The minimum absolute atomic E-state index is 0.322. The molecule has 0 amide bonds.